The Kier molecular flexibility index (Phi) is 7.65. The van der Waals surface area contributed by atoms with E-state index in [9.17, 15) is 4.79 Å². The van der Waals surface area contributed by atoms with E-state index in [2.05, 4.69) is 32.1 Å². The lowest BCUT2D eigenvalue weighted by Gasteiger charge is -2.23. The van der Waals surface area contributed by atoms with Gasteiger partial charge in [-0.3, -0.25) is 15.6 Å². The second kappa shape index (κ2) is 8.74. The van der Waals surface area contributed by atoms with E-state index in [4.69, 9.17) is 12.2 Å². The second-order valence-electron chi connectivity index (χ2n) is 5.90. The average molecular weight is 404 g/mol. The first kappa shape index (κ1) is 19.3. The molecule has 0 unspecified atom stereocenters. The maximum atomic E-state index is 12.0. The van der Waals surface area contributed by atoms with Gasteiger partial charge in [-0.1, -0.05) is 28.1 Å². The number of thiocarbonyl (C=S) groups is 1. The summed E-state index contributed by atoms with van der Waals surface area (Å²) in [6, 6.07) is 8.09. The summed E-state index contributed by atoms with van der Waals surface area (Å²) in [6.45, 7) is 7.87. The zero-order valence-electron chi connectivity index (χ0n) is 13.2. The molecule has 0 bridgehead atoms. The molecule has 7 heteroatoms. The van der Waals surface area contributed by atoms with Gasteiger partial charge in [0.1, 0.15) is 0 Å². The van der Waals surface area contributed by atoms with Gasteiger partial charge in [0.2, 0.25) is 0 Å². The third-order valence-electron chi connectivity index (χ3n) is 2.57. The monoisotopic (exact) mass is 403 g/mol. The van der Waals surface area contributed by atoms with Gasteiger partial charge in [0.05, 0.1) is 5.25 Å². The SMILES string of the molecule is C[C@H](SCc1ccc(Br)cc1)C(=O)NNC(=S)NC(C)(C)C. The van der Waals surface area contributed by atoms with E-state index in [0.29, 0.717) is 5.11 Å². The number of nitrogens with one attached hydrogen (secondary N) is 3. The third-order valence-corrected chi connectivity index (χ3v) is 4.52. The van der Waals surface area contributed by atoms with Gasteiger partial charge in [0.25, 0.3) is 5.91 Å². The van der Waals surface area contributed by atoms with E-state index < -0.39 is 0 Å². The minimum atomic E-state index is -0.173. The molecule has 0 spiro atoms. The van der Waals surface area contributed by atoms with Crippen molar-refractivity contribution in [3.05, 3.63) is 34.3 Å². The Bertz CT molecular complexity index is 515. The van der Waals surface area contributed by atoms with Crippen molar-refractivity contribution < 1.29 is 4.79 Å². The number of amides is 1. The van der Waals surface area contributed by atoms with E-state index in [0.717, 1.165) is 10.2 Å². The molecule has 4 nitrogen and oxygen atoms in total. The fourth-order valence-electron chi connectivity index (χ4n) is 1.47. The van der Waals surface area contributed by atoms with Gasteiger partial charge in [-0.2, -0.15) is 0 Å². The number of rotatable bonds is 4. The van der Waals surface area contributed by atoms with Gasteiger partial charge in [-0.15, -0.1) is 11.8 Å². The molecule has 0 fully saturated rings. The maximum Gasteiger partial charge on any atom is 0.251 e. The number of benzene rings is 1. The van der Waals surface area contributed by atoms with Gasteiger partial charge in [0, 0.05) is 15.8 Å². The number of hydrogen-bond donors (Lipinski definition) is 3. The molecule has 1 amide bonds. The van der Waals surface area contributed by atoms with Crippen molar-refractivity contribution in [2.24, 2.45) is 0 Å². The van der Waals surface area contributed by atoms with E-state index in [1.54, 1.807) is 11.8 Å². The van der Waals surface area contributed by atoms with Crippen molar-refractivity contribution in [1.29, 1.82) is 0 Å². The van der Waals surface area contributed by atoms with Gasteiger partial charge in [-0.25, -0.2) is 0 Å². The van der Waals surface area contributed by atoms with Crippen LogP contribution in [0.3, 0.4) is 0 Å². The summed E-state index contributed by atoms with van der Waals surface area (Å²) in [5.41, 5.74) is 6.40. The predicted molar refractivity (Wildman–Crippen MR) is 102 cm³/mol. The quantitative estimate of drug-likeness (QED) is 0.531. The summed E-state index contributed by atoms with van der Waals surface area (Å²) in [5.74, 6) is 0.687. The Morgan fingerprint density at radius 3 is 2.41 bits per heavy atom. The molecule has 1 aromatic carbocycles. The van der Waals surface area contributed by atoms with Crippen molar-refractivity contribution in [3.8, 4) is 0 Å². The number of thioether (sulfide) groups is 1. The summed E-state index contributed by atoms with van der Waals surface area (Å²) in [4.78, 5) is 12.0. The lowest BCUT2D eigenvalue weighted by molar-refractivity contribution is -0.120. The molecule has 0 heterocycles. The Hall–Kier alpha value is -0.790. The number of carbonyl (C=O) groups excluding carboxylic acids is 1. The zero-order chi connectivity index (χ0) is 16.8. The second-order valence-corrected chi connectivity index (χ2v) is 8.55. The van der Waals surface area contributed by atoms with Gasteiger partial charge >= 0.3 is 0 Å². The molecule has 0 aliphatic heterocycles. The van der Waals surface area contributed by atoms with Crippen LogP contribution in [0.2, 0.25) is 0 Å². The number of hydrazine groups is 1. The lowest BCUT2D eigenvalue weighted by Crippen LogP contribution is -2.53. The topological polar surface area (TPSA) is 53.2 Å². The minimum absolute atomic E-state index is 0.0971. The van der Waals surface area contributed by atoms with Crippen LogP contribution in [0.15, 0.2) is 28.7 Å². The predicted octanol–water partition coefficient (Wildman–Crippen LogP) is 3.36. The van der Waals surface area contributed by atoms with Crippen LogP contribution in [0.4, 0.5) is 0 Å². The Balaban J connectivity index is 2.33. The molecular formula is C15H22BrN3OS2. The summed E-state index contributed by atoms with van der Waals surface area (Å²) >= 11 is 10.1. The highest BCUT2D eigenvalue weighted by atomic mass is 79.9. The van der Waals surface area contributed by atoms with E-state index in [-0.39, 0.29) is 16.7 Å². The van der Waals surface area contributed by atoms with E-state index >= 15 is 0 Å². The van der Waals surface area contributed by atoms with Gasteiger partial charge < -0.3 is 5.32 Å². The number of hydrogen-bond acceptors (Lipinski definition) is 3. The van der Waals surface area contributed by atoms with Crippen LogP contribution in [-0.4, -0.2) is 21.8 Å². The van der Waals surface area contributed by atoms with E-state index in [1.807, 2.05) is 52.0 Å². The van der Waals surface area contributed by atoms with Crippen LogP contribution in [-0.2, 0) is 10.5 Å². The van der Waals surface area contributed by atoms with Crippen molar-refractivity contribution >= 4 is 50.9 Å². The van der Waals surface area contributed by atoms with Crippen molar-refractivity contribution in [2.45, 2.75) is 44.2 Å². The fourth-order valence-corrected chi connectivity index (χ4v) is 2.94. The van der Waals surface area contributed by atoms with Crippen LogP contribution in [0, 0.1) is 0 Å². The molecule has 1 aromatic rings. The van der Waals surface area contributed by atoms with Crippen LogP contribution in [0.1, 0.15) is 33.3 Å². The smallest absolute Gasteiger partial charge is 0.251 e. The van der Waals surface area contributed by atoms with Crippen LogP contribution >= 0.6 is 39.9 Å². The minimum Gasteiger partial charge on any atom is -0.357 e. The zero-order valence-corrected chi connectivity index (χ0v) is 16.4. The normalized spacial score (nSPS) is 12.4. The summed E-state index contributed by atoms with van der Waals surface area (Å²) in [7, 11) is 0. The molecule has 122 valence electrons. The van der Waals surface area contributed by atoms with Crippen LogP contribution in [0.25, 0.3) is 0 Å². The highest BCUT2D eigenvalue weighted by molar-refractivity contribution is 9.10. The molecular weight excluding hydrogens is 382 g/mol. The average Bonchev–Trinajstić information content (AvgIpc) is 2.42. The largest absolute Gasteiger partial charge is 0.357 e. The highest BCUT2D eigenvalue weighted by Crippen LogP contribution is 2.19. The van der Waals surface area contributed by atoms with Crippen LogP contribution in [0.5, 0.6) is 0 Å². The third kappa shape index (κ3) is 8.00. The van der Waals surface area contributed by atoms with Gasteiger partial charge in [-0.05, 0) is 57.6 Å². The fraction of sp³-hybridized carbons (Fsp3) is 0.467. The number of halogens is 1. The molecule has 0 aliphatic carbocycles. The van der Waals surface area contributed by atoms with Crippen LogP contribution < -0.4 is 16.2 Å². The Morgan fingerprint density at radius 1 is 1.27 bits per heavy atom. The first-order valence-electron chi connectivity index (χ1n) is 6.91. The van der Waals surface area contributed by atoms with Crippen molar-refractivity contribution in [2.75, 3.05) is 0 Å². The van der Waals surface area contributed by atoms with E-state index in [1.165, 1.54) is 5.56 Å². The molecule has 1 rings (SSSR count). The summed E-state index contributed by atoms with van der Waals surface area (Å²) in [5, 5.41) is 3.31. The molecule has 0 aliphatic rings. The van der Waals surface area contributed by atoms with Gasteiger partial charge in [0.15, 0.2) is 5.11 Å². The summed E-state index contributed by atoms with van der Waals surface area (Å²) in [6.07, 6.45) is 0. The standard InChI is InChI=1S/C15H22BrN3OS2/c1-10(22-9-11-5-7-12(16)8-6-11)13(20)18-19-14(21)17-15(2,3)4/h5-8,10H,9H2,1-4H3,(H,18,20)(H2,17,19,21)/t10-/m0/s1. The first-order chi connectivity index (χ1) is 10.2. The molecule has 0 aromatic heterocycles. The Morgan fingerprint density at radius 2 is 1.86 bits per heavy atom. The first-order valence-corrected chi connectivity index (χ1v) is 9.16. The summed E-state index contributed by atoms with van der Waals surface area (Å²) < 4.78 is 1.05. The highest BCUT2D eigenvalue weighted by Gasteiger charge is 2.15. The molecule has 0 saturated heterocycles. The number of carbonyl (C=O) groups is 1. The van der Waals surface area contributed by atoms with Crippen molar-refractivity contribution in [1.82, 2.24) is 16.2 Å². The van der Waals surface area contributed by atoms with Crippen molar-refractivity contribution in [3.63, 3.8) is 0 Å². The maximum absolute atomic E-state index is 12.0. The molecule has 0 radical (unpaired) electrons. The molecule has 3 N–H and O–H groups in total. The Labute approximate surface area is 150 Å². The molecule has 22 heavy (non-hydrogen) atoms. The molecule has 0 saturated carbocycles. The lowest BCUT2D eigenvalue weighted by atomic mass is 10.1. The molecule has 1 atom stereocenters.